The number of nitrogens with zero attached hydrogens (tertiary/aromatic N) is 2. The average molecular weight is 327 g/mol. The molecule has 22 heavy (non-hydrogen) atoms. The lowest BCUT2D eigenvalue weighted by molar-refractivity contribution is -0.383. The zero-order valence-corrected chi connectivity index (χ0v) is 13.1. The van der Waals surface area contributed by atoms with Crippen molar-refractivity contribution in [1.29, 1.82) is 0 Å². The lowest BCUT2D eigenvalue weighted by Crippen LogP contribution is -2.46. The van der Waals surface area contributed by atoms with E-state index in [1.165, 1.54) is 18.2 Å². The van der Waals surface area contributed by atoms with E-state index in [2.05, 4.69) is 10.6 Å². The number of hydrogen-bond donors (Lipinski definition) is 2. The maximum absolute atomic E-state index is 12.1. The van der Waals surface area contributed by atoms with Gasteiger partial charge in [0.15, 0.2) is 0 Å². The number of anilines is 1. The number of likely N-dealkylation sites (tertiary alicyclic amines) is 1. The fourth-order valence-corrected chi connectivity index (χ4v) is 2.76. The molecule has 0 aromatic heterocycles. The maximum atomic E-state index is 12.1. The molecule has 1 aromatic carbocycles. The van der Waals surface area contributed by atoms with E-state index in [9.17, 15) is 14.9 Å². The highest BCUT2D eigenvalue weighted by Gasteiger charge is 2.22. The van der Waals surface area contributed by atoms with Crippen LogP contribution in [0, 0.1) is 10.1 Å². The Bertz CT molecular complexity index is 567. The van der Waals surface area contributed by atoms with Gasteiger partial charge >= 0.3 is 0 Å². The van der Waals surface area contributed by atoms with E-state index in [1.54, 1.807) is 0 Å². The number of nitrogens with one attached hydrogen (secondary N) is 2. The van der Waals surface area contributed by atoms with Crippen LogP contribution < -0.4 is 10.6 Å². The zero-order chi connectivity index (χ0) is 16.1. The Hall–Kier alpha value is -1.70. The number of carbonyl (C=O) groups is 1. The molecule has 1 aliphatic rings. The van der Waals surface area contributed by atoms with Gasteiger partial charge in [-0.2, -0.15) is 0 Å². The van der Waals surface area contributed by atoms with Crippen molar-refractivity contribution in [3.05, 3.63) is 33.3 Å². The van der Waals surface area contributed by atoms with Gasteiger partial charge in [-0.25, -0.2) is 0 Å². The van der Waals surface area contributed by atoms with Crippen LogP contribution in [0.1, 0.15) is 12.8 Å². The van der Waals surface area contributed by atoms with Crippen LogP contribution in [0.5, 0.6) is 0 Å². The third-order valence-corrected chi connectivity index (χ3v) is 3.95. The first-order chi connectivity index (χ1) is 10.5. The summed E-state index contributed by atoms with van der Waals surface area (Å²) >= 11 is 5.75. The molecule has 2 N–H and O–H groups in total. The van der Waals surface area contributed by atoms with Crippen LogP contribution in [0.15, 0.2) is 18.2 Å². The standard InChI is InChI=1S/C14H19ClN4O3/c1-16-11-3-2-6-18(8-11)9-14(20)17-12-5-4-10(15)7-13(12)19(21)22/h4-5,7,11,16H,2-3,6,8-9H2,1H3,(H,17,20). The van der Waals surface area contributed by atoms with Crippen molar-refractivity contribution < 1.29 is 9.72 Å². The van der Waals surface area contributed by atoms with Gasteiger partial charge in [0, 0.05) is 23.7 Å². The number of carbonyl (C=O) groups excluding carboxylic acids is 1. The summed E-state index contributed by atoms with van der Waals surface area (Å²) in [5.74, 6) is -0.262. The second kappa shape index (κ2) is 7.53. The normalized spacial score (nSPS) is 18.9. The van der Waals surface area contributed by atoms with Gasteiger partial charge in [-0.05, 0) is 38.6 Å². The second-order valence-corrected chi connectivity index (χ2v) is 5.77. The quantitative estimate of drug-likeness (QED) is 0.637. The topological polar surface area (TPSA) is 87.5 Å². The Balaban J connectivity index is 1.99. The van der Waals surface area contributed by atoms with Crippen molar-refractivity contribution in [2.75, 3.05) is 32.0 Å². The van der Waals surface area contributed by atoms with Crippen molar-refractivity contribution in [2.45, 2.75) is 18.9 Å². The first-order valence-electron chi connectivity index (χ1n) is 7.13. The molecular formula is C14H19ClN4O3. The third-order valence-electron chi connectivity index (χ3n) is 3.71. The van der Waals surface area contributed by atoms with Crippen LogP contribution in [-0.2, 0) is 4.79 Å². The van der Waals surface area contributed by atoms with Crippen LogP contribution in [-0.4, -0.2) is 48.5 Å². The predicted molar refractivity (Wildman–Crippen MR) is 85.3 cm³/mol. The molecule has 1 amide bonds. The number of nitro groups is 1. The Kier molecular flexibility index (Phi) is 5.70. The molecule has 120 valence electrons. The minimum atomic E-state index is -0.556. The summed E-state index contributed by atoms with van der Waals surface area (Å²) in [4.78, 5) is 24.6. The number of hydrogen-bond acceptors (Lipinski definition) is 5. The fraction of sp³-hybridized carbons (Fsp3) is 0.500. The van der Waals surface area contributed by atoms with E-state index >= 15 is 0 Å². The molecule has 8 heteroatoms. The van der Waals surface area contributed by atoms with E-state index in [0.717, 1.165) is 25.9 Å². The zero-order valence-electron chi connectivity index (χ0n) is 12.3. The van der Waals surface area contributed by atoms with E-state index in [1.807, 2.05) is 11.9 Å². The van der Waals surface area contributed by atoms with E-state index < -0.39 is 4.92 Å². The molecule has 1 fully saturated rings. The Morgan fingerprint density at radius 3 is 3.00 bits per heavy atom. The first kappa shape index (κ1) is 16.7. The highest BCUT2D eigenvalue weighted by Crippen LogP contribution is 2.27. The summed E-state index contributed by atoms with van der Waals surface area (Å²) in [6, 6.07) is 4.58. The summed E-state index contributed by atoms with van der Waals surface area (Å²) in [5.41, 5.74) is -0.0332. The van der Waals surface area contributed by atoms with Crippen molar-refractivity contribution in [3.63, 3.8) is 0 Å². The highest BCUT2D eigenvalue weighted by atomic mass is 35.5. The number of nitro benzene ring substituents is 1. The predicted octanol–water partition coefficient (Wildman–Crippen LogP) is 1.87. The monoisotopic (exact) mass is 326 g/mol. The summed E-state index contributed by atoms with van der Waals surface area (Å²) < 4.78 is 0. The molecular weight excluding hydrogens is 308 g/mol. The number of amides is 1. The Morgan fingerprint density at radius 1 is 1.55 bits per heavy atom. The fourth-order valence-electron chi connectivity index (χ4n) is 2.59. The van der Waals surface area contributed by atoms with Gasteiger partial charge in [-0.15, -0.1) is 0 Å². The molecule has 2 rings (SSSR count). The van der Waals surface area contributed by atoms with Gasteiger partial charge in [0.1, 0.15) is 5.69 Å². The molecule has 7 nitrogen and oxygen atoms in total. The number of likely N-dealkylation sites (N-methyl/N-ethyl adjacent to an activating group) is 1. The summed E-state index contributed by atoms with van der Waals surface area (Å²) in [6.45, 7) is 1.87. The highest BCUT2D eigenvalue weighted by molar-refractivity contribution is 6.31. The van der Waals surface area contributed by atoms with Gasteiger partial charge < -0.3 is 10.6 Å². The van der Waals surface area contributed by atoms with Gasteiger partial charge in [0.25, 0.3) is 5.69 Å². The SMILES string of the molecule is CNC1CCCN(CC(=O)Nc2ccc(Cl)cc2[N+](=O)[O-])C1. The van der Waals surface area contributed by atoms with Crippen molar-refractivity contribution >= 4 is 28.9 Å². The lowest BCUT2D eigenvalue weighted by Gasteiger charge is -2.31. The number of benzene rings is 1. The third kappa shape index (κ3) is 4.40. The largest absolute Gasteiger partial charge is 0.319 e. The maximum Gasteiger partial charge on any atom is 0.294 e. The van der Waals surface area contributed by atoms with Gasteiger partial charge in [-0.3, -0.25) is 19.8 Å². The molecule has 0 bridgehead atoms. The lowest BCUT2D eigenvalue weighted by atomic mass is 10.1. The van der Waals surface area contributed by atoms with Crippen LogP contribution in [0.25, 0.3) is 0 Å². The van der Waals surface area contributed by atoms with E-state index in [0.29, 0.717) is 6.04 Å². The summed E-state index contributed by atoms with van der Waals surface area (Å²) in [5, 5.41) is 17.1. The first-order valence-corrected chi connectivity index (χ1v) is 7.51. The molecule has 0 spiro atoms. The van der Waals surface area contributed by atoms with Crippen molar-refractivity contribution in [2.24, 2.45) is 0 Å². The molecule has 0 saturated carbocycles. The van der Waals surface area contributed by atoms with Crippen LogP contribution in [0.2, 0.25) is 5.02 Å². The second-order valence-electron chi connectivity index (χ2n) is 5.33. The minimum absolute atomic E-state index is 0.168. The molecule has 1 atom stereocenters. The molecule has 1 heterocycles. The minimum Gasteiger partial charge on any atom is -0.319 e. The average Bonchev–Trinajstić information content (AvgIpc) is 2.49. The number of halogens is 1. The van der Waals surface area contributed by atoms with Gasteiger partial charge in [0.2, 0.25) is 5.91 Å². The molecule has 0 aliphatic carbocycles. The van der Waals surface area contributed by atoms with Crippen molar-refractivity contribution in [3.8, 4) is 0 Å². The summed E-state index contributed by atoms with van der Waals surface area (Å²) in [7, 11) is 1.91. The van der Waals surface area contributed by atoms with Gasteiger partial charge in [-0.1, -0.05) is 11.6 Å². The van der Waals surface area contributed by atoms with Crippen LogP contribution in [0.3, 0.4) is 0 Å². The smallest absolute Gasteiger partial charge is 0.294 e. The molecule has 1 aromatic rings. The van der Waals surface area contributed by atoms with E-state index in [-0.39, 0.29) is 28.8 Å². The molecule has 1 aliphatic heterocycles. The van der Waals surface area contributed by atoms with Crippen LogP contribution >= 0.6 is 11.6 Å². The summed E-state index contributed by atoms with van der Waals surface area (Å²) in [6.07, 6.45) is 2.12. The molecule has 1 saturated heterocycles. The number of piperidine rings is 1. The van der Waals surface area contributed by atoms with E-state index in [4.69, 9.17) is 11.6 Å². The van der Waals surface area contributed by atoms with Gasteiger partial charge in [0.05, 0.1) is 11.5 Å². The molecule has 0 radical (unpaired) electrons. The van der Waals surface area contributed by atoms with Crippen LogP contribution in [0.4, 0.5) is 11.4 Å². The van der Waals surface area contributed by atoms with Crippen molar-refractivity contribution in [1.82, 2.24) is 10.2 Å². The molecule has 1 unspecified atom stereocenters. The number of rotatable bonds is 5. The Labute approximate surface area is 133 Å². The Morgan fingerprint density at radius 2 is 2.32 bits per heavy atom.